The zero-order valence-corrected chi connectivity index (χ0v) is 13.1. The largest absolute Gasteiger partial charge is 0.310 e. The van der Waals surface area contributed by atoms with Crippen molar-refractivity contribution in [2.75, 3.05) is 0 Å². The lowest BCUT2D eigenvalue weighted by Gasteiger charge is -2.29. The van der Waals surface area contributed by atoms with Crippen molar-refractivity contribution < 1.29 is 4.39 Å². The zero-order valence-electron chi connectivity index (χ0n) is 13.1. The van der Waals surface area contributed by atoms with Crippen LogP contribution in [-0.4, -0.2) is 6.04 Å². The van der Waals surface area contributed by atoms with Crippen LogP contribution in [-0.2, 0) is 6.54 Å². The first kappa shape index (κ1) is 15.5. The smallest absolute Gasteiger partial charge is 0.127 e. The molecule has 1 aliphatic rings. The Kier molecular flexibility index (Phi) is 5.20. The van der Waals surface area contributed by atoms with E-state index in [1.165, 1.54) is 32.1 Å². The third kappa shape index (κ3) is 4.31. The van der Waals surface area contributed by atoms with E-state index in [4.69, 9.17) is 0 Å². The van der Waals surface area contributed by atoms with E-state index in [-0.39, 0.29) is 5.82 Å². The molecule has 2 unspecified atom stereocenters. The maximum atomic E-state index is 13.6. The fraction of sp³-hybridized carbons (Fsp3) is 0.667. The molecule has 2 rings (SSSR count). The summed E-state index contributed by atoms with van der Waals surface area (Å²) in [5, 5.41) is 3.55. The second-order valence-electron chi connectivity index (χ2n) is 7.24. The first-order valence-corrected chi connectivity index (χ1v) is 7.93. The monoisotopic (exact) mass is 277 g/mol. The Morgan fingerprint density at radius 3 is 2.55 bits per heavy atom. The van der Waals surface area contributed by atoms with Crippen molar-refractivity contribution in [1.82, 2.24) is 5.32 Å². The number of hydrogen-bond acceptors (Lipinski definition) is 1. The van der Waals surface area contributed by atoms with Crippen molar-refractivity contribution in [3.63, 3.8) is 0 Å². The third-order valence-electron chi connectivity index (χ3n) is 4.73. The Balaban J connectivity index is 1.84. The highest BCUT2D eigenvalue weighted by atomic mass is 19.1. The first-order chi connectivity index (χ1) is 9.47. The van der Waals surface area contributed by atoms with Crippen LogP contribution in [0.5, 0.6) is 0 Å². The van der Waals surface area contributed by atoms with E-state index in [2.05, 4.69) is 26.1 Å². The summed E-state index contributed by atoms with van der Waals surface area (Å²) in [5.74, 6) is 0.726. The van der Waals surface area contributed by atoms with Crippen molar-refractivity contribution in [2.45, 2.75) is 65.5 Å². The molecule has 0 amide bonds. The van der Waals surface area contributed by atoms with Crippen LogP contribution in [0.15, 0.2) is 24.3 Å². The molecule has 1 fully saturated rings. The van der Waals surface area contributed by atoms with Crippen LogP contribution in [0, 0.1) is 17.2 Å². The summed E-state index contributed by atoms with van der Waals surface area (Å²) in [5.41, 5.74) is 1.20. The fourth-order valence-corrected chi connectivity index (χ4v) is 3.27. The lowest BCUT2D eigenvalue weighted by Crippen LogP contribution is -2.28. The quantitative estimate of drug-likeness (QED) is 0.774. The molecule has 0 aromatic heterocycles. The van der Waals surface area contributed by atoms with E-state index in [9.17, 15) is 4.39 Å². The molecule has 1 N–H and O–H groups in total. The van der Waals surface area contributed by atoms with Crippen LogP contribution >= 0.6 is 0 Å². The van der Waals surface area contributed by atoms with Gasteiger partial charge in [0.2, 0.25) is 0 Å². The number of benzene rings is 1. The summed E-state index contributed by atoms with van der Waals surface area (Å²) < 4.78 is 13.6. The number of nitrogens with one attached hydrogen (secondary N) is 1. The molecule has 0 radical (unpaired) electrons. The highest BCUT2D eigenvalue weighted by Gasteiger charge is 2.27. The van der Waals surface area contributed by atoms with Gasteiger partial charge in [-0.2, -0.15) is 0 Å². The molecule has 112 valence electrons. The van der Waals surface area contributed by atoms with Gasteiger partial charge in [0, 0.05) is 18.2 Å². The molecule has 0 bridgehead atoms. The molecule has 2 heteroatoms. The Bertz CT molecular complexity index is 422. The molecule has 0 saturated heterocycles. The van der Waals surface area contributed by atoms with Gasteiger partial charge in [-0.15, -0.1) is 0 Å². The van der Waals surface area contributed by atoms with Gasteiger partial charge in [0.25, 0.3) is 0 Å². The second-order valence-corrected chi connectivity index (χ2v) is 7.24. The van der Waals surface area contributed by atoms with Crippen LogP contribution < -0.4 is 5.32 Å². The Labute approximate surface area is 123 Å². The van der Waals surface area contributed by atoms with Crippen LogP contribution in [0.1, 0.15) is 58.4 Å². The molecular weight excluding hydrogens is 249 g/mol. The third-order valence-corrected chi connectivity index (χ3v) is 4.73. The van der Waals surface area contributed by atoms with Crippen molar-refractivity contribution in [2.24, 2.45) is 11.3 Å². The molecule has 0 aliphatic heterocycles. The minimum absolute atomic E-state index is 0.0961. The summed E-state index contributed by atoms with van der Waals surface area (Å²) >= 11 is 0. The minimum atomic E-state index is -0.0961. The van der Waals surface area contributed by atoms with Gasteiger partial charge in [0.1, 0.15) is 5.82 Å². The number of hydrogen-bond donors (Lipinski definition) is 1. The van der Waals surface area contributed by atoms with Crippen LogP contribution in [0.2, 0.25) is 0 Å². The molecular formula is C18H28FN. The average molecular weight is 277 g/mol. The van der Waals surface area contributed by atoms with Gasteiger partial charge in [0.15, 0.2) is 0 Å². The lowest BCUT2D eigenvalue weighted by molar-refractivity contribution is 0.213. The molecule has 1 nitrogen and oxygen atoms in total. The first-order valence-electron chi connectivity index (χ1n) is 7.93. The number of halogens is 1. The second kappa shape index (κ2) is 6.71. The lowest BCUT2D eigenvalue weighted by atomic mass is 9.76. The van der Waals surface area contributed by atoms with E-state index in [1.807, 2.05) is 12.1 Å². The normalized spacial score (nSPS) is 24.4. The molecule has 0 heterocycles. The Morgan fingerprint density at radius 2 is 1.85 bits per heavy atom. The van der Waals surface area contributed by atoms with Crippen LogP contribution in [0.4, 0.5) is 4.39 Å². The molecule has 2 atom stereocenters. The van der Waals surface area contributed by atoms with Gasteiger partial charge in [-0.05, 0) is 43.1 Å². The summed E-state index contributed by atoms with van der Waals surface area (Å²) in [6, 6.07) is 7.61. The van der Waals surface area contributed by atoms with Gasteiger partial charge in [-0.25, -0.2) is 4.39 Å². The average Bonchev–Trinajstić information content (AvgIpc) is 2.63. The molecule has 1 saturated carbocycles. The van der Waals surface area contributed by atoms with E-state index in [0.717, 1.165) is 11.5 Å². The zero-order chi connectivity index (χ0) is 14.6. The Hall–Kier alpha value is -0.890. The number of rotatable bonds is 3. The molecule has 1 aromatic rings. The highest BCUT2D eigenvalue weighted by molar-refractivity contribution is 5.17. The van der Waals surface area contributed by atoms with E-state index in [0.29, 0.717) is 18.0 Å². The minimum Gasteiger partial charge on any atom is -0.310 e. The van der Waals surface area contributed by atoms with Crippen molar-refractivity contribution in [3.8, 4) is 0 Å². The molecule has 20 heavy (non-hydrogen) atoms. The molecule has 0 spiro atoms. The van der Waals surface area contributed by atoms with Gasteiger partial charge < -0.3 is 5.32 Å². The van der Waals surface area contributed by atoms with Crippen molar-refractivity contribution in [1.29, 1.82) is 0 Å². The Morgan fingerprint density at radius 1 is 1.10 bits per heavy atom. The molecule has 1 aromatic carbocycles. The van der Waals surface area contributed by atoms with Crippen molar-refractivity contribution in [3.05, 3.63) is 35.6 Å². The van der Waals surface area contributed by atoms with Crippen LogP contribution in [0.25, 0.3) is 0 Å². The van der Waals surface area contributed by atoms with Gasteiger partial charge >= 0.3 is 0 Å². The predicted molar refractivity (Wildman–Crippen MR) is 83.1 cm³/mol. The SMILES string of the molecule is CC(C)(C)C1CCCC(NCc2ccccc2F)CC1. The molecule has 1 aliphatic carbocycles. The topological polar surface area (TPSA) is 12.0 Å². The van der Waals surface area contributed by atoms with Gasteiger partial charge in [0.05, 0.1) is 0 Å². The summed E-state index contributed by atoms with van der Waals surface area (Å²) in [4.78, 5) is 0. The van der Waals surface area contributed by atoms with E-state index < -0.39 is 0 Å². The summed E-state index contributed by atoms with van der Waals surface area (Å²) in [6.45, 7) is 7.71. The van der Waals surface area contributed by atoms with Crippen molar-refractivity contribution >= 4 is 0 Å². The van der Waals surface area contributed by atoms with Crippen LogP contribution in [0.3, 0.4) is 0 Å². The highest BCUT2D eigenvalue weighted by Crippen LogP contribution is 2.36. The predicted octanol–water partition coefficient (Wildman–Crippen LogP) is 4.91. The summed E-state index contributed by atoms with van der Waals surface area (Å²) in [7, 11) is 0. The van der Waals surface area contributed by atoms with E-state index >= 15 is 0 Å². The van der Waals surface area contributed by atoms with E-state index in [1.54, 1.807) is 12.1 Å². The van der Waals surface area contributed by atoms with Gasteiger partial charge in [-0.1, -0.05) is 45.4 Å². The summed E-state index contributed by atoms with van der Waals surface area (Å²) in [6.07, 6.45) is 6.36. The fourth-order valence-electron chi connectivity index (χ4n) is 3.27. The maximum absolute atomic E-state index is 13.6. The van der Waals surface area contributed by atoms with Gasteiger partial charge in [-0.3, -0.25) is 0 Å². The standard InChI is InChI=1S/C18H28FN/c1-18(2,3)15-8-6-9-16(12-11-15)20-13-14-7-4-5-10-17(14)19/h4-5,7,10,15-16,20H,6,8-9,11-13H2,1-3H3. The maximum Gasteiger partial charge on any atom is 0.127 e.